The van der Waals surface area contributed by atoms with Crippen LogP contribution in [0.25, 0.3) is 11.1 Å². The number of rotatable bonds is 2. The lowest BCUT2D eigenvalue weighted by Gasteiger charge is -2.07. The number of hydrogen-bond donors (Lipinski definition) is 0. The fraction of sp³-hybridized carbons (Fsp3) is 0.0769. The zero-order valence-electron chi connectivity index (χ0n) is 8.81. The van der Waals surface area contributed by atoms with Crippen molar-refractivity contribution in [3.8, 4) is 11.1 Å². The smallest absolute Gasteiger partial charge is 0.167 e. The molecule has 2 rings (SSSR count). The predicted molar refractivity (Wildman–Crippen MR) is 73.5 cm³/mol. The highest BCUT2D eigenvalue weighted by Crippen LogP contribution is 2.15. The molecule has 0 heterocycles. The van der Waals surface area contributed by atoms with Crippen LogP contribution in [0.15, 0.2) is 54.6 Å². The quantitative estimate of drug-likeness (QED) is 0.737. The molecule has 0 radical (unpaired) electrons. The molecule has 15 heavy (non-hydrogen) atoms. The average Bonchev–Trinajstić information content (AvgIpc) is 2.30. The summed E-state index contributed by atoms with van der Waals surface area (Å²) in [4.78, 5) is 0. The molecule has 0 aliphatic heterocycles. The Labute approximate surface area is 111 Å². The maximum atomic E-state index is 2.34. The third-order valence-corrected chi connectivity index (χ3v) is 3.86. The van der Waals surface area contributed by atoms with Crippen LogP contribution in [0, 0.1) is 0 Å². The molecule has 0 aromatic heterocycles. The standard InChI is InChI=1S/C12H9.CH3.BrH.Mg/c1-3-7-11(8-4-1)12-9-5-2-6-10-12;;;/h1-9H;1H3;1H;. The van der Waals surface area contributed by atoms with Crippen molar-refractivity contribution in [1.29, 1.82) is 0 Å². The summed E-state index contributed by atoms with van der Waals surface area (Å²) < 4.78 is 1.55. The molecule has 0 saturated carbocycles. The molecule has 74 valence electrons. The normalized spacial score (nSPS) is 8.87. The summed E-state index contributed by atoms with van der Waals surface area (Å²) in [6.07, 6.45) is 0. The van der Waals surface area contributed by atoms with Gasteiger partial charge in [0.05, 0.1) is 0 Å². The van der Waals surface area contributed by atoms with Crippen LogP contribution in [0.1, 0.15) is 0 Å². The van der Waals surface area contributed by atoms with Gasteiger partial charge in [-0.1, -0.05) is 54.6 Å². The molecule has 0 atom stereocenters. The minimum atomic E-state index is -0.0815. The molecule has 0 saturated heterocycles. The Morgan fingerprint density at radius 1 is 0.800 bits per heavy atom. The van der Waals surface area contributed by atoms with Gasteiger partial charge in [-0.25, -0.2) is 0 Å². The van der Waals surface area contributed by atoms with Gasteiger partial charge in [0.1, 0.15) is 0 Å². The van der Waals surface area contributed by atoms with Crippen LogP contribution in [0.3, 0.4) is 0 Å². The third-order valence-electron chi connectivity index (χ3n) is 2.48. The molecule has 0 fully saturated rings. The first-order valence-electron chi connectivity index (χ1n) is 5.05. The zero-order valence-corrected chi connectivity index (χ0v) is 11.9. The molecule has 0 aliphatic rings. The second kappa shape index (κ2) is 6.31. The fourth-order valence-corrected chi connectivity index (χ4v) is 2.80. The molecule has 0 nitrogen and oxygen atoms in total. The van der Waals surface area contributed by atoms with Crippen molar-refractivity contribution >= 4 is 41.0 Å². The zero-order chi connectivity index (χ0) is 9.80. The van der Waals surface area contributed by atoms with Crippen LogP contribution in [0.4, 0.5) is 0 Å². The molecule has 0 unspecified atom stereocenters. The average molecular weight is 273 g/mol. The first-order chi connectivity index (χ1) is 6.92. The van der Waals surface area contributed by atoms with Crippen molar-refractivity contribution < 1.29 is 0 Å². The van der Waals surface area contributed by atoms with E-state index in [4.69, 9.17) is 0 Å². The van der Waals surface area contributed by atoms with Crippen molar-refractivity contribution in [1.82, 2.24) is 0 Å². The Morgan fingerprint density at radius 3 is 2.07 bits per heavy atom. The highest BCUT2D eigenvalue weighted by atomic mass is 79.9. The van der Waals surface area contributed by atoms with Gasteiger partial charge in [0.2, 0.25) is 0 Å². The maximum absolute atomic E-state index is 2.34. The summed E-state index contributed by atoms with van der Waals surface area (Å²) in [6.45, 7) is 0. The van der Waals surface area contributed by atoms with Gasteiger partial charge < -0.3 is 0 Å². The van der Waals surface area contributed by atoms with Crippen molar-refractivity contribution in [2.24, 2.45) is 0 Å². The maximum Gasteiger partial charge on any atom is 0.405 e. The lowest BCUT2D eigenvalue weighted by molar-refractivity contribution is 1.64. The Morgan fingerprint density at radius 2 is 1.40 bits per heavy atom. The minimum Gasteiger partial charge on any atom is -0.167 e. The van der Waals surface area contributed by atoms with Gasteiger partial charge >= 0.3 is 20.4 Å². The number of benzene rings is 2. The topological polar surface area (TPSA) is 0 Å². The number of halogens is 1. The summed E-state index contributed by atoms with van der Waals surface area (Å²) in [5, 5.41) is 2.34. The van der Waals surface area contributed by atoms with Crippen molar-refractivity contribution in [3.63, 3.8) is 0 Å². The molecular formula is C13H13BrMg. The highest BCUT2D eigenvalue weighted by Gasteiger charge is 2.01. The van der Waals surface area contributed by atoms with E-state index in [-0.39, 0.29) is 37.3 Å². The van der Waals surface area contributed by atoms with Gasteiger partial charge in [-0.15, -0.1) is 22.0 Å². The van der Waals surface area contributed by atoms with E-state index in [1.165, 1.54) is 11.1 Å². The van der Waals surface area contributed by atoms with E-state index in [0.717, 1.165) is 0 Å². The SMILES string of the molecule is Br.[CH3][Mg][c]1ccccc1-c1ccccc1. The molecule has 2 aromatic carbocycles. The third kappa shape index (κ3) is 3.07. The van der Waals surface area contributed by atoms with Crippen LogP contribution in [0.5, 0.6) is 0 Å². The second-order valence-corrected chi connectivity index (χ2v) is 4.85. The number of hydrogen-bond acceptors (Lipinski definition) is 0. The second-order valence-electron chi connectivity index (χ2n) is 3.38. The Bertz CT molecular complexity index is 412. The molecule has 0 bridgehead atoms. The summed E-state index contributed by atoms with van der Waals surface area (Å²) in [6, 6.07) is 19.4. The highest BCUT2D eigenvalue weighted by molar-refractivity contribution is 8.93. The fourth-order valence-electron chi connectivity index (χ4n) is 1.73. The summed E-state index contributed by atoms with van der Waals surface area (Å²) in [5.41, 5.74) is 2.76. The largest absolute Gasteiger partial charge is 0.405 e. The van der Waals surface area contributed by atoms with E-state index in [1.54, 1.807) is 3.69 Å². The summed E-state index contributed by atoms with van der Waals surface area (Å²) >= 11 is -0.0815. The molecule has 2 heteroatoms. The van der Waals surface area contributed by atoms with Crippen molar-refractivity contribution in [2.75, 3.05) is 0 Å². The van der Waals surface area contributed by atoms with Gasteiger partial charge in [-0.05, 0) is 11.1 Å². The summed E-state index contributed by atoms with van der Waals surface area (Å²) in [5.74, 6) is 0. The molecule has 0 amide bonds. The van der Waals surface area contributed by atoms with E-state index in [2.05, 4.69) is 59.7 Å². The monoisotopic (exact) mass is 272 g/mol. The van der Waals surface area contributed by atoms with Gasteiger partial charge in [0.25, 0.3) is 0 Å². The van der Waals surface area contributed by atoms with E-state index in [0.29, 0.717) is 0 Å². The van der Waals surface area contributed by atoms with Crippen molar-refractivity contribution in [3.05, 3.63) is 54.6 Å². The van der Waals surface area contributed by atoms with Crippen LogP contribution in [-0.2, 0) is 0 Å². The Kier molecular flexibility index (Phi) is 5.36. The van der Waals surface area contributed by atoms with E-state index >= 15 is 0 Å². The molecule has 2 aromatic rings. The van der Waals surface area contributed by atoms with Gasteiger partial charge in [0, 0.05) is 0 Å². The van der Waals surface area contributed by atoms with Crippen LogP contribution >= 0.6 is 17.0 Å². The van der Waals surface area contributed by atoms with Gasteiger partial charge in [0.15, 0.2) is 0 Å². The predicted octanol–water partition coefficient (Wildman–Crippen LogP) is 3.31. The molecule has 0 aliphatic carbocycles. The van der Waals surface area contributed by atoms with E-state index in [1.807, 2.05) is 0 Å². The summed E-state index contributed by atoms with van der Waals surface area (Å²) in [7, 11) is 0. The van der Waals surface area contributed by atoms with Gasteiger partial charge in [-0.2, -0.15) is 3.69 Å². The molecule has 0 spiro atoms. The molecular weight excluding hydrogens is 260 g/mol. The van der Waals surface area contributed by atoms with Crippen molar-refractivity contribution in [2.45, 2.75) is 5.05 Å². The van der Waals surface area contributed by atoms with Gasteiger partial charge in [-0.3, -0.25) is 0 Å². The van der Waals surface area contributed by atoms with E-state index in [9.17, 15) is 0 Å². The van der Waals surface area contributed by atoms with Crippen LogP contribution < -0.4 is 3.69 Å². The van der Waals surface area contributed by atoms with E-state index < -0.39 is 0 Å². The minimum absolute atomic E-state index is 0. The lowest BCUT2D eigenvalue weighted by Crippen LogP contribution is -2.12. The first-order valence-corrected chi connectivity index (χ1v) is 7.17. The first kappa shape index (κ1) is 12.8. The van der Waals surface area contributed by atoms with Crippen LogP contribution in [-0.4, -0.2) is 20.4 Å². The molecule has 0 N–H and O–H groups in total. The Balaban J connectivity index is 0.00000112. The van der Waals surface area contributed by atoms with Crippen LogP contribution in [0.2, 0.25) is 5.05 Å². The lowest BCUT2D eigenvalue weighted by atomic mass is 10.1. The Hall–Kier alpha value is -0.314.